The highest BCUT2D eigenvalue weighted by Crippen LogP contribution is 1.81. The molecule has 0 amide bonds. The van der Waals surface area contributed by atoms with Crippen molar-refractivity contribution < 1.29 is 19.0 Å². The minimum atomic E-state index is -0.785. The van der Waals surface area contributed by atoms with Gasteiger partial charge in [0.15, 0.2) is 0 Å². The molecular formula is C5H9O4. The van der Waals surface area contributed by atoms with Crippen LogP contribution in [0.25, 0.3) is 0 Å². The first-order valence-electron chi connectivity index (χ1n) is 2.39. The number of carbonyl (C=O) groups excluding carboxylic acids is 1. The van der Waals surface area contributed by atoms with Crippen LogP contribution < -0.4 is 0 Å². The first kappa shape index (κ1) is 8.23. The molecule has 4 nitrogen and oxygen atoms in total. The van der Waals surface area contributed by atoms with E-state index in [0.29, 0.717) is 6.61 Å². The van der Waals surface area contributed by atoms with E-state index in [-0.39, 0.29) is 6.61 Å². The summed E-state index contributed by atoms with van der Waals surface area (Å²) in [6.07, 6.45) is -0.785. The number of carbonyl (C=O) groups is 1. The molecule has 0 saturated carbocycles. The van der Waals surface area contributed by atoms with Crippen LogP contribution in [-0.4, -0.2) is 26.5 Å². The maximum absolute atomic E-state index is 10.1. The zero-order valence-corrected chi connectivity index (χ0v) is 5.25. The molecule has 0 N–H and O–H groups in total. The predicted molar refractivity (Wildman–Crippen MR) is 29.7 cm³/mol. The lowest BCUT2D eigenvalue weighted by atomic mass is 10.8. The Morgan fingerprint density at radius 1 is 1.56 bits per heavy atom. The Kier molecular flexibility index (Phi) is 4.91. The Labute approximate surface area is 53.7 Å². The van der Waals surface area contributed by atoms with Crippen LogP contribution in [0.3, 0.4) is 0 Å². The maximum atomic E-state index is 10.1. The van der Waals surface area contributed by atoms with Gasteiger partial charge in [0.25, 0.3) is 0 Å². The molecule has 0 spiro atoms. The van der Waals surface area contributed by atoms with Crippen LogP contribution in [0, 0.1) is 7.11 Å². The molecular weight excluding hydrogens is 124 g/mol. The molecule has 0 fully saturated rings. The fraction of sp³-hybridized carbons (Fsp3) is 0.600. The molecule has 0 unspecified atom stereocenters. The van der Waals surface area contributed by atoms with Crippen LogP contribution in [0.4, 0.5) is 4.79 Å². The predicted octanol–water partition coefficient (Wildman–Crippen LogP) is 0.578. The van der Waals surface area contributed by atoms with E-state index in [9.17, 15) is 4.79 Å². The number of rotatable bonds is 3. The SMILES string of the molecule is [CH2]OC(=O)OCCOC. The fourth-order valence-electron chi connectivity index (χ4n) is 0.250. The summed E-state index contributed by atoms with van der Waals surface area (Å²) in [5, 5.41) is 0. The molecule has 0 aromatic carbocycles. The van der Waals surface area contributed by atoms with Gasteiger partial charge in [0.2, 0.25) is 0 Å². The van der Waals surface area contributed by atoms with Crippen molar-refractivity contribution >= 4 is 6.16 Å². The van der Waals surface area contributed by atoms with Gasteiger partial charge in [0, 0.05) is 7.11 Å². The van der Waals surface area contributed by atoms with E-state index in [1.165, 1.54) is 7.11 Å². The van der Waals surface area contributed by atoms with E-state index in [1.54, 1.807) is 0 Å². The highest BCUT2D eigenvalue weighted by Gasteiger charge is 1.96. The van der Waals surface area contributed by atoms with Crippen LogP contribution in [-0.2, 0) is 14.2 Å². The molecule has 1 radical (unpaired) electrons. The van der Waals surface area contributed by atoms with Gasteiger partial charge in [-0.3, -0.25) is 0 Å². The van der Waals surface area contributed by atoms with Gasteiger partial charge in [-0.05, 0) is 0 Å². The van der Waals surface area contributed by atoms with Gasteiger partial charge < -0.3 is 14.2 Å². The summed E-state index contributed by atoms with van der Waals surface area (Å²) in [6.45, 7) is 0.569. The smallest absolute Gasteiger partial charge is 0.432 e. The topological polar surface area (TPSA) is 44.8 Å². The summed E-state index contributed by atoms with van der Waals surface area (Å²) < 4.78 is 12.9. The van der Waals surface area contributed by atoms with Crippen molar-refractivity contribution in [3.05, 3.63) is 7.11 Å². The summed E-state index contributed by atoms with van der Waals surface area (Å²) in [7, 11) is 4.36. The zero-order valence-electron chi connectivity index (χ0n) is 5.25. The number of methoxy groups -OCH3 is 1. The van der Waals surface area contributed by atoms with Crippen molar-refractivity contribution in [2.24, 2.45) is 0 Å². The average Bonchev–Trinajstić information content (AvgIpc) is 1.89. The highest BCUT2D eigenvalue weighted by molar-refractivity contribution is 5.59. The lowest BCUT2D eigenvalue weighted by Crippen LogP contribution is -2.08. The Morgan fingerprint density at radius 3 is 2.67 bits per heavy atom. The minimum Gasteiger partial charge on any atom is -0.432 e. The van der Waals surface area contributed by atoms with Gasteiger partial charge in [-0.2, -0.15) is 0 Å². The Bertz CT molecular complexity index is 81.0. The van der Waals surface area contributed by atoms with Crippen LogP contribution in [0.15, 0.2) is 0 Å². The van der Waals surface area contributed by atoms with Crippen molar-refractivity contribution in [2.45, 2.75) is 0 Å². The van der Waals surface area contributed by atoms with Gasteiger partial charge in [0.05, 0.1) is 6.61 Å². The monoisotopic (exact) mass is 133 g/mol. The van der Waals surface area contributed by atoms with Crippen LogP contribution in [0.5, 0.6) is 0 Å². The second-order valence-corrected chi connectivity index (χ2v) is 1.24. The molecule has 9 heavy (non-hydrogen) atoms. The normalized spacial score (nSPS) is 8.67. The molecule has 0 rings (SSSR count). The molecule has 0 aromatic heterocycles. The molecule has 0 aliphatic rings. The number of hydrogen-bond acceptors (Lipinski definition) is 4. The lowest BCUT2D eigenvalue weighted by Gasteiger charge is -1.99. The molecule has 0 bridgehead atoms. The van der Waals surface area contributed by atoms with Crippen LogP contribution in [0.2, 0.25) is 0 Å². The van der Waals surface area contributed by atoms with Crippen molar-refractivity contribution in [3.8, 4) is 0 Å². The van der Waals surface area contributed by atoms with Crippen molar-refractivity contribution in [1.82, 2.24) is 0 Å². The summed E-state index contributed by atoms with van der Waals surface area (Å²) in [6, 6.07) is 0. The van der Waals surface area contributed by atoms with Crippen molar-refractivity contribution in [1.29, 1.82) is 0 Å². The van der Waals surface area contributed by atoms with E-state index in [2.05, 4.69) is 21.3 Å². The third-order valence-electron chi connectivity index (χ3n) is 0.625. The van der Waals surface area contributed by atoms with Gasteiger partial charge in [0.1, 0.15) is 13.7 Å². The van der Waals surface area contributed by atoms with Crippen molar-refractivity contribution in [3.63, 3.8) is 0 Å². The summed E-state index contributed by atoms with van der Waals surface area (Å²) in [4.78, 5) is 10.1. The number of hydrogen-bond donors (Lipinski definition) is 0. The van der Waals surface area contributed by atoms with Gasteiger partial charge in [-0.1, -0.05) is 0 Å². The third kappa shape index (κ3) is 5.10. The molecule has 0 aliphatic carbocycles. The van der Waals surface area contributed by atoms with Gasteiger partial charge in [-0.15, -0.1) is 0 Å². The van der Waals surface area contributed by atoms with Gasteiger partial charge in [-0.25, -0.2) is 4.79 Å². The second-order valence-electron chi connectivity index (χ2n) is 1.24. The summed E-state index contributed by atoms with van der Waals surface area (Å²) in [5.74, 6) is 0. The molecule has 0 saturated heterocycles. The maximum Gasteiger partial charge on any atom is 0.508 e. The standard InChI is InChI=1S/C5H9O4/c1-7-3-4-9-5(6)8-2/h2-4H2,1H3. The Hall–Kier alpha value is -0.770. The quantitative estimate of drug-likeness (QED) is 0.417. The second kappa shape index (κ2) is 5.37. The van der Waals surface area contributed by atoms with E-state index in [1.807, 2.05) is 0 Å². The minimum absolute atomic E-state index is 0.199. The Balaban J connectivity index is 2.97. The first-order valence-corrected chi connectivity index (χ1v) is 2.39. The largest absolute Gasteiger partial charge is 0.508 e. The van der Waals surface area contributed by atoms with E-state index in [0.717, 1.165) is 0 Å². The molecule has 0 atom stereocenters. The molecule has 0 aliphatic heterocycles. The average molecular weight is 133 g/mol. The van der Waals surface area contributed by atoms with E-state index < -0.39 is 6.16 Å². The first-order chi connectivity index (χ1) is 4.31. The van der Waals surface area contributed by atoms with Crippen molar-refractivity contribution in [2.75, 3.05) is 20.3 Å². The summed E-state index contributed by atoms with van der Waals surface area (Å²) in [5.41, 5.74) is 0. The zero-order chi connectivity index (χ0) is 7.11. The molecule has 0 heterocycles. The Morgan fingerprint density at radius 2 is 2.22 bits per heavy atom. The molecule has 4 heteroatoms. The van der Waals surface area contributed by atoms with E-state index >= 15 is 0 Å². The lowest BCUT2D eigenvalue weighted by molar-refractivity contribution is 0.0571. The summed E-state index contributed by atoms with van der Waals surface area (Å²) >= 11 is 0. The molecule has 53 valence electrons. The highest BCUT2D eigenvalue weighted by atomic mass is 16.7. The third-order valence-corrected chi connectivity index (χ3v) is 0.625. The van der Waals surface area contributed by atoms with Crippen LogP contribution >= 0.6 is 0 Å². The fourth-order valence-corrected chi connectivity index (χ4v) is 0.250. The number of ether oxygens (including phenoxy) is 3. The molecule has 0 aromatic rings. The van der Waals surface area contributed by atoms with E-state index in [4.69, 9.17) is 0 Å². The van der Waals surface area contributed by atoms with Gasteiger partial charge >= 0.3 is 6.16 Å². The van der Waals surface area contributed by atoms with Crippen LogP contribution in [0.1, 0.15) is 0 Å².